The quantitative estimate of drug-likeness (QED) is 0.569. The van der Waals surface area contributed by atoms with E-state index in [4.69, 9.17) is 0 Å². The summed E-state index contributed by atoms with van der Waals surface area (Å²) in [7, 11) is 0. The standard InChI is InChI=1S/C27H50N4O2/c1-20(2)18-24-26(32)31(17-11-28-24)25(19-21(3)4)27(33)30-15-9-23(10-16-30)8-14-29-12-6-22(5)7-13-29/h20-25,28H,6-19H2,1-5H3/t24-,25-/m0/s1. The van der Waals surface area contributed by atoms with Crippen molar-refractivity contribution in [3.8, 4) is 0 Å². The molecule has 0 bridgehead atoms. The van der Waals surface area contributed by atoms with Crippen LogP contribution in [0.5, 0.6) is 0 Å². The Morgan fingerprint density at radius 2 is 1.64 bits per heavy atom. The van der Waals surface area contributed by atoms with Crippen molar-refractivity contribution in [2.45, 2.75) is 91.6 Å². The van der Waals surface area contributed by atoms with E-state index in [1.54, 1.807) is 0 Å². The molecule has 3 saturated heterocycles. The largest absolute Gasteiger partial charge is 0.341 e. The van der Waals surface area contributed by atoms with Crippen molar-refractivity contribution in [2.24, 2.45) is 23.7 Å². The van der Waals surface area contributed by atoms with E-state index in [-0.39, 0.29) is 23.9 Å². The van der Waals surface area contributed by atoms with Crippen LogP contribution in [0, 0.1) is 23.7 Å². The van der Waals surface area contributed by atoms with Gasteiger partial charge < -0.3 is 20.0 Å². The van der Waals surface area contributed by atoms with Crippen molar-refractivity contribution < 1.29 is 9.59 Å². The van der Waals surface area contributed by atoms with Crippen molar-refractivity contribution >= 4 is 11.8 Å². The van der Waals surface area contributed by atoms with Gasteiger partial charge >= 0.3 is 0 Å². The van der Waals surface area contributed by atoms with Gasteiger partial charge in [0.25, 0.3) is 0 Å². The smallest absolute Gasteiger partial charge is 0.245 e. The number of nitrogens with zero attached hydrogens (tertiary/aromatic N) is 3. The number of hydrogen-bond donors (Lipinski definition) is 1. The number of piperidine rings is 2. The Labute approximate surface area is 202 Å². The Kier molecular flexibility index (Phi) is 10.0. The lowest BCUT2D eigenvalue weighted by Gasteiger charge is -2.42. The van der Waals surface area contributed by atoms with Crippen LogP contribution in [0.1, 0.15) is 79.6 Å². The second kappa shape index (κ2) is 12.5. The van der Waals surface area contributed by atoms with Crippen molar-refractivity contribution in [3.63, 3.8) is 0 Å². The molecule has 0 aliphatic carbocycles. The summed E-state index contributed by atoms with van der Waals surface area (Å²) in [5, 5.41) is 3.39. The molecule has 6 nitrogen and oxygen atoms in total. The minimum atomic E-state index is -0.304. The van der Waals surface area contributed by atoms with Crippen molar-refractivity contribution in [1.29, 1.82) is 0 Å². The lowest BCUT2D eigenvalue weighted by molar-refractivity contribution is -0.150. The Balaban J connectivity index is 1.53. The van der Waals surface area contributed by atoms with Crippen LogP contribution < -0.4 is 5.32 Å². The van der Waals surface area contributed by atoms with Crippen LogP contribution in [0.25, 0.3) is 0 Å². The predicted molar refractivity (Wildman–Crippen MR) is 135 cm³/mol. The minimum absolute atomic E-state index is 0.125. The first-order valence-corrected chi connectivity index (χ1v) is 13.8. The van der Waals surface area contributed by atoms with Gasteiger partial charge in [-0.15, -0.1) is 0 Å². The van der Waals surface area contributed by atoms with E-state index in [1.807, 2.05) is 4.90 Å². The summed E-state index contributed by atoms with van der Waals surface area (Å²) in [5.41, 5.74) is 0. The van der Waals surface area contributed by atoms with Crippen LogP contribution in [-0.4, -0.2) is 84.4 Å². The van der Waals surface area contributed by atoms with Gasteiger partial charge in [-0.2, -0.15) is 0 Å². The predicted octanol–water partition coefficient (Wildman–Crippen LogP) is 3.61. The zero-order valence-electron chi connectivity index (χ0n) is 22.0. The molecule has 190 valence electrons. The van der Waals surface area contributed by atoms with Gasteiger partial charge in [0, 0.05) is 26.2 Å². The molecule has 3 heterocycles. The summed E-state index contributed by atoms with van der Waals surface area (Å²) < 4.78 is 0. The van der Waals surface area contributed by atoms with Crippen molar-refractivity contribution in [3.05, 3.63) is 0 Å². The molecular formula is C27H50N4O2. The van der Waals surface area contributed by atoms with Crippen molar-refractivity contribution in [2.75, 3.05) is 45.8 Å². The fraction of sp³-hybridized carbons (Fsp3) is 0.926. The lowest BCUT2D eigenvalue weighted by atomic mass is 9.91. The molecule has 33 heavy (non-hydrogen) atoms. The number of rotatable bonds is 9. The van der Waals surface area contributed by atoms with E-state index >= 15 is 0 Å². The van der Waals surface area contributed by atoms with Crippen molar-refractivity contribution in [1.82, 2.24) is 20.0 Å². The fourth-order valence-corrected chi connectivity index (χ4v) is 5.83. The number of piperazine rings is 1. The summed E-state index contributed by atoms with van der Waals surface area (Å²) >= 11 is 0. The normalized spacial score (nSPS) is 25.3. The van der Waals surface area contributed by atoms with Gasteiger partial charge in [-0.25, -0.2) is 0 Å². The number of carbonyl (C=O) groups excluding carboxylic acids is 2. The van der Waals surface area contributed by atoms with Crippen LogP contribution in [0.2, 0.25) is 0 Å². The lowest BCUT2D eigenvalue weighted by Crippen LogP contribution is -2.62. The average molecular weight is 463 g/mol. The molecule has 3 rings (SSSR count). The SMILES string of the molecule is CC(C)C[C@@H]1NCCN([C@@H](CC(C)C)C(=O)N2CCC(CCN3CCC(C)CC3)CC2)C1=O. The molecule has 0 aromatic carbocycles. The summed E-state index contributed by atoms with van der Waals surface area (Å²) in [6, 6.07) is -0.453. The summed E-state index contributed by atoms with van der Waals surface area (Å²) in [5.74, 6) is 2.77. The van der Waals surface area contributed by atoms with Gasteiger partial charge in [0.1, 0.15) is 6.04 Å². The molecule has 0 aromatic heterocycles. The highest BCUT2D eigenvalue weighted by atomic mass is 16.2. The number of carbonyl (C=O) groups is 2. The number of hydrogen-bond acceptors (Lipinski definition) is 4. The molecular weight excluding hydrogens is 412 g/mol. The molecule has 0 saturated carbocycles. The molecule has 1 N–H and O–H groups in total. The van der Waals surface area contributed by atoms with Crippen LogP contribution in [-0.2, 0) is 9.59 Å². The van der Waals surface area contributed by atoms with E-state index < -0.39 is 0 Å². The maximum atomic E-state index is 13.7. The summed E-state index contributed by atoms with van der Waals surface area (Å²) in [6.07, 6.45) is 7.75. The van der Waals surface area contributed by atoms with Gasteiger partial charge in [-0.3, -0.25) is 9.59 Å². The topological polar surface area (TPSA) is 55.9 Å². The molecule has 3 fully saturated rings. The molecule has 0 spiro atoms. The third-order valence-corrected chi connectivity index (χ3v) is 8.04. The molecule has 0 unspecified atom stereocenters. The Morgan fingerprint density at radius 1 is 0.970 bits per heavy atom. The zero-order valence-corrected chi connectivity index (χ0v) is 22.0. The number of amides is 2. The third kappa shape index (κ3) is 7.68. The third-order valence-electron chi connectivity index (χ3n) is 8.04. The first-order valence-electron chi connectivity index (χ1n) is 13.8. The van der Waals surface area contributed by atoms with Gasteiger partial charge in [-0.1, -0.05) is 34.6 Å². The van der Waals surface area contributed by atoms with E-state index in [9.17, 15) is 9.59 Å². The van der Waals surface area contributed by atoms with E-state index in [1.165, 1.54) is 38.9 Å². The Morgan fingerprint density at radius 3 is 2.24 bits per heavy atom. The van der Waals surface area contributed by atoms with E-state index in [2.05, 4.69) is 49.7 Å². The van der Waals surface area contributed by atoms with Gasteiger partial charge in [0.15, 0.2) is 0 Å². The van der Waals surface area contributed by atoms with Crippen LogP contribution >= 0.6 is 0 Å². The summed E-state index contributed by atoms with van der Waals surface area (Å²) in [6.45, 7) is 17.8. The number of likely N-dealkylation sites (tertiary alicyclic amines) is 2. The van der Waals surface area contributed by atoms with Crippen LogP contribution in [0.15, 0.2) is 0 Å². The molecule has 0 aromatic rings. The maximum absolute atomic E-state index is 13.7. The Hall–Kier alpha value is -1.14. The maximum Gasteiger partial charge on any atom is 0.245 e. The molecule has 3 aliphatic heterocycles. The first kappa shape index (κ1) is 26.5. The number of nitrogens with one attached hydrogen (secondary N) is 1. The first-order chi connectivity index (χ1) is 15.7. The highest BCUT2D eigenvalue weighted by Crippen LogP contribution is 2.26. The highest BCUT2D eigenvalue weighted by molar-refractivity contribution is 5.90. The monoisotopic (exact) mass is 462 g/mol. The fourth-order valence-electron chi connectivity index (χ4n) is 5.83. The molecule has 2 atom stereocenters. The van der Waals surface area contributed by atoms with Gasteiger partial charge in [0.05, 0.1) is 6.04 Å². The summed E-state index contributed by atoms with van der Waals surface area (Å²) in [4.78, 5) is 33.5. The minimum Gasteiger partial charge on any atom is -0.341 e. The molecule has 2 amide bonds. The molecule has 3 aliphatic rings. The second-order valence-electron chi connectivity index (χ2n) is 11.9. The second-order valence-corrected chi connectivity index (χ2v) is 11.9. The Bertz CT molecular complexity index is 622. The molecule has 0 radical (unpaired) electrons. The highest BCUT2D eigenvalue weighted by Gasteiger charge is 2.39. The zero-order chi connectivity index (χ0) is 24.0. The van der Waals surface area contributed by atoms with E-state index in [0.717, 1.165) is 57.2 Å². The molecule has 6 heteroatoms. The van der Waals surface area contributed by atoms with Crippen LogP contribution in [0.4, 0.5) is 0 Å². The van der Waals surface area contributed by atoms with E-state index in [0.29, 0.717) is 18.4 Å². The van der Waals surface area contributed by atoms with Crippen LogP contribution in [0.3, 0.4) is 0 Å². The van der Waals surface area contributed by atoms with Gasteiger partial charge in [0.2, 0.25) is 11.8 Å². The van der Waals surface area contributed by atoms with Gasteiger partial charge in [-0.05, 0) is 88.3 Å². The average Bonchev–Trinajstić information content (AvgIpc) is 2.78.